The molecule has 20 heavy (non-hydrogen) atoms. The zero-order valence-electron chi connectivity index (χ0n) is 10.8. The van der Waals surface area contributed by atoms with Gasteiger partial charge in [-0.05, 0) is 36.4 Å². The molecular formula is C16H13ClO2S. The summed E-state index contributed by atoms with van der Waals surface area (Å²) in [4.78, 5) is 13.4. The minimum Gasteiger partial charge on any atom is -0.451 e. The van der Waals surface area contributed by atoms with Crippen LogP contribution in [-0.4, -0.2) is 5.78 Å². The molecule has 2 aromatic heterocycles. The van der Waals surface area contributed by atoms with Gasteiger partial charge in [0.25, 0.3) is 0 Å². The third kappa shape index (κ3) is 2.79. The number of carbonyl (C=O) groups excluding carboxylic acids is 1. The number of aryl methyl sites for hydroxylation is 1. The molecule has 0 aliphatic carbocycles. The van der Waals surface area contributed by atoms with Gasteiger partial charge in [0.1, 0.15) is 0 Å². The molecule has 0 atom stereocenters. The SMILES string of the molecule is O=C(CCCc1cccs1)c1cc2cccc(Cl)c2o1. The van der Waals surface area contributed by atoms with Crippen LogP contribution in [0.1, 0.15) is 28.3 Å². The highest BCUT2D eigenvalue weighted by Gasteiger charge is 2.13. The monoisotopic (exact) mass is 304 g/mol. The van der Waals surface area contributed by atoms with E-state index in [-0.39, 0.29) is 5.78 Å². The normalized spacial score (nSPS) is 11.1. The lowest BCUT2D eigenvalue weighted by Crippen LogP contribution is -1.97. The molecule has 0 saturated carbocycles. The number of halogens is 1. The first kappa shape index (κ1) is 13.4. The van der Waals surface area contributed by atoms with E-state index in [1.807, 2.05) is 18.2 Å². The molecule has 4 heteroatoms. The third-order valence-corrected chi connectivity index (χ3v) is 4.41. The average molecular weight is 305 g/mol. The number of Topliss-reactive ketones (excluding diaryl/α,β-unsaturated/α-hetero) is 1. The Morgan fingerprint density at radius 1 is 1.25 bits per heavy atom. The van der Waals surface area contributed by atoms with Gasteiger partial charge in [-0.3, -0.25) is 4.79 Å². The summed E-state index contributed by atoms with van der Waals surface area (Å²) in [5.41, 5.74) is 0.593. The second kappa shape index (κ2) is 5.81. The molecule has 0 saturated heterocycles. The second-order valence-corrected chi connectivity index (χ2v) is 6.06. The summed E-state index contributed by atoms with van der Waals surface area (Å²) < 4.78 is 5.57. The number of thiophene rings is 1. The van der Waals surface area contributed by atoms with E-state index in [4.69, 9.17) is 16.0 Å². The van der Waals surface area contributed by atoms with Crippen LogP contribution in [0.25, 0.3) is 11.0 Å². The number of para-hydroxylation sites is 1. The van der Waals surface area contributed by atoms with E-state index in [1.165, 1.54) is 4.88 Å². The summed E-state index contributed by atoms with van der Waals surface area (Å²) in [5, 5.41) is 3.47. The van der Waals surface area contributed by atoms with Gasteiger partial charge >= 0.3 is 0 Å². The van der Waals surface area contributed by atoms with Gasteiger partial charge in [-0.15, -0.1) is 11.3 Å². The maximum atomic E-state index is 12.1. The van der Waals surface area contributed by atoms with Crippen LogP contribution in [0.5, 0.6) is 0 Å². The third-order valence-electron chi connectivity index (χ3n) is 3.18. The highest BCUT2D eigenvalue weighted by Crippen LogP contribution is 2.27. The standard InChI is InChI=1S/C16H13ClO2S/c17-13-7-1-4-11-10-15(19-16(11)13)14(18)8-2-5-12-6-3-9-20-12/h1,3-4,6-7,9-10H,2,5,8H2. The number of rotatable bonds is 5. The molecule has 0 aliphatic heterocycles. The van der Waals surface area contributed by atoms with Crippen molar-refractivity contribution in [3.63, 3.8) is 0 Å². The lowest BCUT2D eigenvalue weighted by atomic mass is 10.1. The minimum absolute atomic E-state index is 0.0359. The van der Waals surface area contributed by atoms with Crippen LogP contribution in [0.4, 0.5) is 0 Å². The van der Waals surface area contributed by atoms with E-state index in [9.17, 15) is 4.79 Å². The number of ketones is 1. The Kier molecular flexibility index (Phi) is 3.90. The number of carbonyl (C=O) groups is 1. The van der Waals surface area contributed by atoms with E-state index in [0.717, 1.165) is 18.2 Å². The molecule has 0 bridgehead atoms. The molecule has 3 aromatic rings. The molecule has 0 N–H and O–H groups in total. The Hall–Kier alpha value is -1.58. The summed E-state index contributed by atoms with van der Waals surface area (Å²) in [6.07, 6.45) is 2.27. The minimum atomic E-state index is 0.0359. The van der Waals surface area contributed by atoms with Crippen LogP contribution in [-0.2, 0) is 6.42 Å². The van der Waals surface area contributed by atoms with Crippen LogP contribution in [0.15, 0.2) is 46.2 Å². The molecule has 0 fully saturated rings. The predicted octanol–water partition coefficient (Wildman–Crippen LogP) is 5.35. The predicted molar refractivity (Wildman–Crippen MR) is 82.8 cm³/mol. The molecule has 0 aliphatic rings. The van der Waals surface area contributed by atoms with Crippen LogP contribution in [0, 0.1) is 0 Å². The van der Waals surface area contributed by atoms with Gasteiger partial charge in [-0.1, -0.05) is 29.8 Å². The Morgan fingerprint density at radius 3 is 2.90 bits per heavy atom. The maximum Gasteiger partial charge on any atom is 0.198 e. The average Bonchev–Trinajstić information content (AvgIpc) is 3.07. The number of fused-ring (bicyclic) bond motifs is 1. The van der Waals surface area contributed by atoms with E-state index < -0.39 is 0 Å². The lowest BCUT2D eigenvalue weighted by molar-refractivity contribution is 0.0955. The number of hydrogen-bond acceptors (Lipinski definition) is 3. The Balaban J connectivity index is 1.68. The quantitative estimate of drug-likeness (QED) is 0.594. The van der Waals surface area contributed by atoms with Crippen molar-refractivity contribution in [1.29, 1.82) is 0 Å². The van der Waals surface area contributed by atoms with Gasteiger partial charge in [0.15, 0.2) is 17.1 Å². The van der Waals surface area contributed by atoms with Gasteiger partial charge in [0.2, 0.25) is 0 Å². The Morgan fingerprint density at radius 2 is 2.15 bits per heavy atom. The summed E-state index contributed by atoms with van der Waals surface area (Å²) in [6, 6.07) is 11.4. The van der Waals surface area contributed by atoms with Crippen molar-refractivity contribution in [3.05, 3.63) is 57.4 Å². The van der Waals surface area contributed by atoms with E-state index in [2.05, 4.69) is 11.4 Å². The van der Waals surface area contributed by atoms with E-state index in [1.54, 1.807) is 23.5 Å². The van der Waals surface area contributed by atoms with E-state index in [0.29, 0.717) is 22.8 Å². The Bertz CT molecular complexity index is 728. The van der Waals surface area contributed by atoms with Crippen LogP contribution < -0.4 is 0 Å². The summed E-state index contributed by atoms with van der Waals surface area (Å²) >= 11 is 7.77. The molecule has 0 spiro atoms. The maximum absolute atomic E-state index is 12.1. The van der Waals surface area contributed by atoms with Crippen LogP contribution in [0.3, 0.4) is 0 Å². The fourth-order valence-electron chi connectivity index (χ4n) is 2.17. The fraction of sp³-hybridized carbons (Fsp3) is 0.188. The van der Waals surface area contributed by atoms with Crippen molar-refractivity contribution in [3.8, 4) is 0 Å². The first-order valence-corrected chi connectivity index (χ1v) is 7.73. The lowest BCUT2D eigenvalue weighted by Gasteiger charge is -1.97. The van der Waals surface area contributed by atoms with Crippen molar-refractivity contribution in [2.75, 3.05) is 0 Å². The smallest absolute Gasteiger partial charge is 0.198 e. The zero-order valence-corrected chi connectivity index (χ0v) is 12.3. The molecule has 2 nitrogen and oxygen atoms in total. The molecule has 0 amide bonds. The van der Waals surface area contributed by atoms with Gasteiger partial charge in [0, 0.05) is 16.7 Å². The van der Waals surface area contributed by atoms with Crippen LogP contribution in [0.2, 0.25) is 5.02 Å². The van der Waals surface area contributed by atoms with Gasteiger partial charge in [-0.2, -0.15) is 0 Å². The number of benzene rings is 1. The van der Waals surface area contributed by atoms with Crippen LogP contribution >= 0.6 is 22.9 Å². The van der Waals surface area contributed by atoms with Gasteiger partial charge in [0.05, 0.1) is 5.02 Å². The fourth-order valence-corrected chi connectivity index (χ4v) is 3.14. The molecule has 102 valence electrons. The first-order chi connectivity index (χ1) is 9.74. The highest BCUT2D eigenvalue weighted by molar-refractivity contribution is 7.09. The van der Waals surface area contributed by atoms with Crippen molar-refractivity contribution in [1.82, 2.24) is 0 Å². The van der Waals surface area contributed by atoms with Crippen molar-refractivity contribution in [2.45, 2.75) is 19.3 Å². The second-order valence-electron chi connectivity index (χ2n) is 4.62. The van der Waals surface area contributed by atoms with Gasteiger partial charge < -0.3 is 4.42 Å². The molecule has 1 aromatic carbocycles. The highest BCUT2D eigenvalue weighted by atomic mass is 35.5. The molecule has 0 unspecified atom stereocenters. The first-order valence-electron chi connectivity index (χ1n) is 6.47. The Labute approximate surface area is 126 Å². The van der Waals surface area contributed by atoms with Gasteiger partial charge in [-0.25, -0.2) is 0 Å². The molecular weight excluding hydrogens is 292 g/mol. The number of furan rings is 1. The zero-order chi connectivity index (χ0) is 13.9. The largest absolute Gasteiger partial charge is 0.451 e. The summed E-state index contributed by atoms with van der Waals surface area (Å²) in [5.74, 6) is 0.438. The van der Waals surface area contributed by atoms with Crippen molar-refractivity contribution in [2.24, 2.45) is 0 Å². The number of hydrogen-bond donors (Lipinski definition) is 0. The topological polar surface area (TPSA) is 30.2 Å². The van der Waals surface area contributed by atoms with Crippen molar-refractivity contribution >= 4 is 39.7 Å². The van der Waals surface area contributed by atoms with E-state index >= 15 is 0 Å². The van der Waals surface area contributed by atoms with Crippen molar-refractivity contribution < 1.29 is 9.21 Å². The summed E-state index contributed by atoms with van der Waals surface area (Å²) in [6.45, 7) is 0. The summed E-state index contributed by atoms with van der Waals surface area (Å²) in [7, 11) is 0. The molecule has 0 radical (unpaired) electrons. The molecule has 2 heterocycles. The molecule has 3 rings (SSSR count).